The van der Waals surface area contributed by atoms with Gasteiger partial charge in [-0.1, -0.05) is 6.57 Å². The Hall–Kier alpha value is -6.13. The molecule has 1 unspecified atom stereocenters. The number of alkyl halides is 3. The maximum absolute atomic E-state index is 13.5. The van der Waals surface area contributed by atoms with Crippen molar-refractivity contribution in [2.24, 2.45) is 17.8 Å². The third-order valence-corrected chi connectivity index (χ3v) is 14.4. The lowest BCUT2D eigenvalue weighted by Gasteiger charge is -2.41. The molecule has 0 radical (unpaired) electrons. The van der Waals surface area contributed by atoms with Gasteiger partial charge in [-0.15, -0.1) is 4.98 Å². The number of rotatable bonds is 10. The van der Waals surface area contributed by atoms with E-state index in [0.717, 1.165) is 113 Å². The summed E-state index contributed by atoms with van der Waals surface area (Å²) in [5.74, 6) is -1.41. The number of anilines is 4. The monoisotopic (exact) mass is 909 g/mol. The number of carbonyl (C=O) groups excluding carboxylic acids is 5. The highest BCUT2D eigenvalue weighted by Crippen LogP contribution is 2.38. The fourth-order valence-corrected chi connectivity index (χ4v) is 10.5. The Labute approximate surface area is 381 Å². The molecule has 1 atom stereocenters. The quantitative estimate of drug-likeness (QED) is 0.206. The third-order valence-electron chi connectivity index (χ3n) is 14.4. The molecule has 2 N–H and O–H groups in total. The first-order valence-corrected chi connectivity index (χ1v) is 23.1. The van der Waals surface area contributed by atoms with E-state index in [0.29, 0.717) is 54.7 Å². The largest absolute Gasteiger partial charge is 0.409 e. The van der Waals surface area contributed by atoms with Crippen molar-refractivity contribution < 1.29 is 37.1 Å². The zero-order valence-electron chi connectivity index (χ0n) is 36.8. The molecule has 3 aromatic rings. The summed E-state index contributed by atoms with van der Waals surface area (Å²) in [5, 5.41) is 5.17. The van der Waals surface area contributed by atoms with Crippen molar-refractivity contribution in [3.05, 3.63) is 76.9 Å². The van der Waals surface area contributed by atoms with Gasteiger partial charge >= 0.3 is 6.18 Å². The second kappa shape index (κ2) is 19.0. The first kappa shape index (κ1) is 45.0. The van der Waals surface area contributed by atoms with Crippen LogP contribution in [-0.4, -0.2) is 139 Å². The van der Waals surface area contributed by atoms with E-state index in [1.807, 2.05) is 18.2 Å². The minimum atomic E-state index is -4.68. The van der Waals surface area contributed by atoms with Crippen molar-refractivity contribution >= 4 is 58.2 Å². The molecular formula is C47H54F3N11O5. The van der Waals surface area contributed by atoms with Gasteiger partial charge in [0, 0.05) is 96.6 Å². The van der Waals surface area contributed by atoms with Crippen LogP contribution in [0.5, 0.6) is 0 Å². The Morgan fingerprint density at radius 1 is 0.697 bits per heavy atom. The molecule has 6 aliphatic heterocycles. The van der Waals surface area contributed by atoms with Crippen molar-refractivity contribution in [3.63, 3.8) is 0 Å². The Morgan fingerprint density at radius 3 is 1.83 bits per heavy atom. The molecule has 0 bridgehead atoms. The lowest BCUT2D eigenvalue weighted by atomic mass is 9.94. The number of carbonyl (C=O) groups is 5. The Kier molecular flexibility index (Phi) is 13.0. The molecule has 0 aliphatic carbocycles. The molecule has 6 aliphatic rings. The van der Waals surface area contributed by atoms with E-state index < -0.39 is 47.2 Å². The van der Waals surface area contributed by atoms with Gasteiger partial charge in [-0.25, -0.2) is 4.98 Å². The number of pyridine rings is 2. The molecule has 5 saturated heterocycles. The minimum Gasteiger partial charge on any atom is -0.371 e. The van der Waals surface area contributed by atoms with Gasteiger partial charge in [0.15, 0.2) is 0 Å². The van der Waals surface area contributed by atoms with Crippen LogP contribution in [0.2, 0.25) is 0 Å². The van der Waals surface area contributed by atoms with Crippen molar-refractivity contribution in [1.82, 2.24) is 30.0 Å². The Morgan fingerprint density at radius 2 is 1.26 bits per heavy atom. The van der Waals surface area contributed by atoms with Gasteiger partial charge in [0.2, 0.25) is 17.7 Å². The third kappa shape index (κ3) is 9.71. The first-order chi connectivity index (χ1) is 31.8. The number of amides is 5. The smallest absolute Gasteiger partial charge is 0.371 e. The summed E-state index contributed by atoms with van der Waals surface area (Å²) in [5.41, 5.74) is 1.78. The molecule has 2 aromatic heterocycles. The highest BCUT2D eigenvalue weighted by molar-refractivity contribution is 6.23. The van der Waals surface area contributed by atoms with Crippen molar-refractivity contribution in [2.45, 2.75) is 63.6 Å². The van der Waals surface area contributed by atoms with E-state index in [4.69, 9.17) is 6.57 Å². The molecule has 348 valence electrons. The van der Waals surface area contributed by atoms with Crippen LogP contribution in [0.15, 0.2) is 48.8 Å². The first-order valence-electron chi connectivity index (χ1n) is 23.1. The van der Waals surface area contributed by atoms with Gasteiger partial charge in [-0.3, -0.25) is 34.2 Å². The van der Waals surface area contributed by atoms with E-state index in [2.05, 4.69) is 45.0 Å². The summed E-state index contributed by atoms with van der Waals surface area (Å²) in [7, 11) is 0. The summed E-state index contributed by atoms with van der Waals surface area (Å²) < 4.78 is 40.4. The van der Waals surface area contributed by atoms with Gasteiger partial charge in [-0.05, 0) is 93.2 Å². The fraction of sp³-hybridized carbons (Fsp3) is 0.532. The van der Waals surface area contributed by atoms with Crippen molar-refractivity contribution in [3.8, 4) is 0 Å². The van der Waals surface area contributed by atoms with Gasteiger partial charge in [0.05, 0.1) is 34.3 Å². The van der Waals surface area contributed by atoms with Crippen molar-refractivity contribution in [2.75, 3.05) is 98.6 Å². The standard InChI is InChI=1S/C47H54F3N11O5/c1-51-42-38(47(48,49)50)25-35(27-53-42)60-18-12-32(13-19-60)43(63)54-40-6-3-34(26-52-40)59-16-10-31(11-17-59)29-57-22-20-56(21-23-57)28-30-8-14-58(15-9-30)33-2-4-36-37(24-33)46(66)61(45(36)65)39-5-7-41(62)55-44(39)64/h2-4,6,24-27,30-32,39H,5,7-23,28-29H2,(H,52,54,63)(H,55,62,64). The molecule has 66 heavy (non-hydrogen) atoms. The molecule has 1 aromatic carbocycles. The molecule has 0 spiro atoms. The summed E-state index contributed by atoms with van der Waals surface area (Å²) >= 11 is 0. The van der Waals surface area contributed by atoms with Gasteiger partial charge in [0.1, 0.15) is 18.1 Å². The fourth-order valence-electron chi connectivity index (χ4n) is 10.5. The average Bonchev–Trinajstić information content (AvgIpc) is 3.57. The maximum Gasteiger partial charge on any atom is 0.409 e. The SMILES string of the molecule is [C-]#[N+]c1ncc(N2CCC(C(=O)Nc3ccc(N4CCC(CN5CCN(CC6CCN(c7ccc8c(c7)C(=O)N(C7CCC(=O)NC7=O)C8=O)CC6)CC5)CC4)cn3)CC2)cc1C(F)(F)F. The lowest BCUT2D eigenvalue weighted by Crippen LogP contribution is -2.54. The van der Waals surface area contributed by atoms with Crippen LogP contribution >= 0.6 is 0 Å². The van der Waals surface area contributed by atoms with E-state index in [9.17, 15) is 37.1 Å². The van der Waals surface area contributed by atoms with Crippen LogP contribution < -0.4 is 25.3 Å². The Bertz CT molecular complexity index is 2380. The molecule has 8 heterocycles. The second-order valence-corrected chi connectivity index (χ2v) is 18.5. The van der Waals surface area contributed by atoms with Crippen LogP contribution in [0.3, 0.4) is 0 Å². The van der Waals surface area contributed by atoms with Gasteiger partial charge in [-0.2, -0.15) is 13.2 Å². The van der Waals surface area contributed by atoms with Crippen LogP contribution in [0.25, 0.3) is 4.85 Å². The number of aromatic nitrogens is 2. The van der Waals surface area contributed by atoms with Crippen LogP contribution in [0.1, 0.15) is 77.6 Å². The number of fused-ring (bicyclic) bond motifs is 1. The topological polar surface area (TPSA) is 159 Å². The highest BCUT2D eigenvalue weighted by Gasteiger charge is 2.45. The van der Waals surface area contributed by atoms with E-state index in [-0.39, 0.29) is 30.4 Å². The van der Waals surface area contributed by atoms with Crippen LogP contribution in [-0.2, 0) is 20.6 Å². The molecule has 19 heteroatoms. The van der Waals surface area contributed by atoms with Crippen molar-refractivity contribution in [1.29, 1.82) is 0 Å². The number of hydrogen-bond acceptors (Lipinski definition) is 12. The van der Waals surface area contributed by atoms with E-state index in [1.54, 1.807) is 23.2 Å². The Balaban J connectivity index is 0.661. The number of piperidine rings is 4. The summed E-state index contributed by atoms with van der Waals surface area (Å²) in [6.07, 6.45) is 3.86. The zero-order valence-corrected chi connectivity index (χ0v) is 36.8. The average molecular weight is 910 g/mol. The number of nitrogens with one attached hydrogen (secondary N) is 2. The second-order valence-electron chi connectivity index (χ2n) is 18.5. The molecule has 5 amide bonds. The van der Waals surface area contributed by atoms with E-state index in [1.165, 1.54) is 6.20 Å². The molecule has 5 fully saturated rings. The predicted molar refractivity (Wildman–Crippen MR) is 239 cm³/mol. The van der Waals surface area contributed by atoms with Gasteiger partial charge < -0.3 is 34.7 Å². The number of nitrogens with zero attached hydrogens (tertiary/aromatic N) is 9. The minimum absolute atomic E-state index is 0.0901. The highest BCUT2D eigenvalue weighted by atomic mass is 19.4. The number of piperazine rings is 1. The molecule has 9 rings (SSSR count). The summed E-state index contributed by atoms with van der Waals surface area (Å²) in [6.45, 7) is 17.8. The lowest BCUT2D eigenvalue weighted by molar-refractivity contribution is -0.137. The zero-order chi connectivity index (χ0) is 46.1. The molecular weight excluding hydrogens is 856 g/mol. The maximum atomic E-state index is 13.5. The number of imide groups is 2. The molecule has 16 nitrogen and oxygen atoms in total. The summed E-state index contributed by atoms with van der Waals surface area (Å²) in [4.78, 5) is 87.5. The predicted octanol–water partition coefficient (Wildman–Crippen LogP) is 5.05. The number of halogens is 3. The van der Waals surface area contributed by atoms with Crippen LogP contribution in [0, 0.1) is 24.3 Å². The normalized spacial score (nSPS) is 22.1. The van der Waals surface area contributed by atoms with E-state index >= 15 is 0 Å². The number of hydrogen-bond donors (Lipinski definition) is 2. The number of benzene rings is 1. The van der Waals surface area contributed by atoms with Gasteiger partial charge in [0.25, 0.3) is 17.6 Å². The van der Waals surface area contributed by atoms with Crippen LogP contribution in [0.4, 0.5) is 41.9 Å². The summed E-state index contributed by atoms with van der Waals surface area (Å²) in [6, 6.07) is 9.17. The molecule has 0 saturated carbocycles.